The molecule has 1 aliphatic rings. The molecule has 1 unspecified atom stereocenters. The normalized spacial score (nSPS) is 17.1. The quantitative estimate of drug-likeness (QED) is 0.865. The van der Waals surface area contributed by atoms with Gasteiger partial charge in [0, 0.05) is 10.6 Å². The van der Waals surface area contributed by atoms with E-state index in [-0.39, 0.29) is 11.3 Å². The van der Waals surface area contributed by atoms with Gasteiger partial charge in [-0.25, -0.2) is 0 Å². The van der Waals surface area contributed by atoms with Crippen LogP contribution in [0.5, 0.6) is 0 Å². The van der Waals surface area contributed by atoms with Crippen LogP contribution in [0.3, 0.4) is 0 Å². The molecule has 0 aliphatic carbocycles. The fraction of sp³-hybridized carbons (Fsp3) is 0.0625. The van der Waals surface area contributed by atoms with Crippen molar-refractivity contribution in [2.45, 2.75) is 0 Å². The molecule has 104 valence electrons. The third-order valence-corrected chi connectivity index (χ3v) is 3.55. The van der Waals surface area contributed by atoms with E-state index in [1.54, 1.807) is 36.4 Å². The number of Topliss-reactive ketones (excluding diaryl/α,β-unsaturated/α-hetero) is 1. The highest BCUT2D eigenvalue weighted by Gasteiger charge is 2.37. The van der Waals surface area contributed by atoms with Crippen LogP contribution in [0.1, 0.15) is 15.9 Å². The van der Waals surface area contributed by atoms with E-state index in [2.05, 4.69) is 4.99 Å². The topological polar surface area (TPSA) is 66.7 Å². The summed E-state index contributed by atoms with van der Waals surface area (Å²) < 4.78 is 0. The maximum atomic E-state index is 12.5. The highest BCUT2D eigenvalue weighted by Crippen LogP contribution is 2.33. The van der Waals surface area contributed by atoms with Crippen molar-refractivity contribution in [3.8, 4) is 0 Å². The third-order valence-electron chi connectivity index (χ3n) is 3.32. The van der Waals surface area contributed by atoms with E-state index in [0.717, 1.165) is 0 Å². The molecule has 0 bridgehead atoms. The summed E-state index contributed by atoms with van der Waals surface area (Å²) in [6.45, 7) is 0. The molecule has 1 aliphatic heterocycles. The zero-order valence-electron chi connectivity index (χ0n) is 10.8. The predicted molar refractivity (Wildman–Crippen MR) is 79.5 cm³/mol. The summed E-state index contributed by atoms with van der Waals surface area (Å²) in [6.07, 6.45) is 0. The van der Waals surface area contributed by atoms with Crippen LogP contribution in [-0.2, 0) is 4.79 Å². The molecule has 1 heterocycles. The van der Waals surface area contributed by atoms with Gasteiger partial charge in [-0.1, -0.05) is 41.9 Å². The molecular formula is C16H10ClNO3. The molecule has 1 N–H and O–H groups in total. The van der Waals surface area contributed by atoms with Gasteiger partial charge in [0.05, 0.1) is 11.4 Å². The molecule has 0 amide bonds. The minimum atomic E-state index is -1.31. The molecule has 0 saturated heterocycles. The Bertz CT molecular complexity index is 768. The number of carboxylic acids is 1. The molecule has 0 radical (unpaired) electrons. The first-order chi connectivity index (χ1) is 10.1. The van der Waals surface area contributed by atoms with Crippen LogP contribution in [0.2, 0.25) is 5.02 Å². The highest BCUT2D eigenvalue weighted by atomic mass is 35.5. The van der Waals surface area contributed by atoms with Crippen molar-refractivity contribution in [2.75, 3.05) is 0 Å². The van der Waals surface area contributed by atoms with Gasteiger partial charge >= 0.3 is 5.97 Å². The first-order valence-corrected chi connectivity index (χ1v) is 6.66. The Labute approximate surface area is 125 Å². The second-order valence-electron chi connectivity index (χ2n) is 4.66. The zero-order valence-corrected chi connectivity index (χ0v) is 11.5. The number of ketones is 1. The lowest BCUT2D eigenvalue weighted by Gasteiger charge is -2.21. The van der Waals surface area contributed by atoms with E-state index in [1.165, 1.54) is 6.07 Å². The molecule has 0 aromatic heterocycles. The first-order valence-electron chi connectivity index (χ1n) is 6.28. The Morgan fingerprint density at radius 2 is 1.86 bits per heavy atom. The van der Waals surface area contributed by atoms with Crippen molar-refractivity contribution in [1.82, 2.24) is 0 Å². The summed E-state index contributed by atoms with van der Waals surface area (Å²) in [5, 5.41) is 9.78. The van der Waals surface area contributed by atoms with Gasteiger partial charge in [-0.3, -0.25) is 14.6 Å². The lowest BCUT2D eigenvalue weighted by Crippen LogP contribution is -2.34. The van der Waals surface area contributed by atoms with Crippen LogP contribution in [0.4, 0.5) is 5.69 Å². The van der Waals surface area contributed by atoms with Gasteiger partial charge in [0.25, 0.3) is 0 Å². The van der Waals surface area contributed by atoms with Crippen molar-refractivity contribution >= 4 is 34.8 Å². The van der Waals surface area contributed by atoms with Gasteiger partial charge < -0.3 is 5.11 Å². The summed E-state index contributed by atoms with van der Waals surface area (Å²) in [5.41, 5.74) is 1.57. The summed E-state index contributed by atoms with van der Waals surface area (Å²) >= 11 is 5.87. The standard InChI is InChI=1S/C16H10ClNO3/c17-10-6-7-12-11(8-10)15(19)13(16(20)21)14(18-12)9-4-2-1-3-5-9/h1-8,13H,(H,20,21). The number of aliphatic imine (C=N–C) groups is 1. The molecule has 21 heavy (non-hydrogen) atoms. The molecule has 1 atom stereocenters. The van der Waals surface area contributed by atoms with Gasteiger partial charge in [-0.15, -0.1) is 0 Å². The molecular weight excluding hydrogens is 290 g/mol. The second kappa shape index (κ2) is 5.14. The third kappa shape index (κ3) is 2.34. The summed E-state index contributed by atoms with van der Waals surface area (Å²) in [5.74, 6) is -3.01. The van der Waals surface area contributed by atoms with E-state index < -0.39 is 17.7 Å². The number of carbonyl (C=O) groups excluding carboxylic acids is 1. The maximum Gasteiger partial charge on any atom is 0.320 e. The molecule has 0 spiro atoms. The van der Waals surface area contributed by atoms with Crippen molar-refractivity contribution < 1.29 is 14.7 Å². The van der Waals surface area contributed by atoms with E-state index in [0.29, 0.717) is 16.3 Å². The minimum Gasteiger partial charge on any atom is -0.480 e. The fourth-order valence-electron chi connectivity index (χ4n) is 2.35. The number of carbonyl (C=O) groups is 2. The van der Waals surface area contributed by atoms with E-state index in [4.69, 9.17) is 11.6 Å². The van der Waals surface area contributed by atoms with E-state index in [9.17, 15) is 14.7 Å². The Kier molecular flexibility index (Phi) is 3.31. The highest BCUT2D eigenvalue weighted by molar-refractivity contribution is 6.34. The number of benzene rings is 2. The van der Waals surface area contributed by atoms with Gasteiger partial charge in [-0.05, 0) is 23.8 Å². The van der Waals surface area contributed by atoms with Crippen molar-refractivity contribution in [2.24, 2.45) is 10.9 Å². The van der Waals surface area contributed by atoms with Gasteiger partial charge in [0.2, 0.25) is 0 Å². The number of carboxylic acid groups (broad SMARTS) is 1. The number of nitrogens with zero attached hydrogens (tertiary/aromatic N) is 1. The Balaban J connectivity index is 2.23. The largest absolute Gasteiger partial charge is 0.480 e. The lowest BCUT2D eigenvalue weighted by molar-refractivity contribution is -0.137. The van der Waals surface area contributed by atoms with Crippen LogP contribution in [0, 0.1) is 5.92 Å². The molecule has 4 nitrogen and oxygen atoms in total. The molecule has 0 fully saturated rings. The number of hydrogen-bond donors (Lipinski definition) is 1. The Morgan fingerprint density at radius 3 is 2.52 bits per heavy atom. The molecule has 2 aromatic rings. The van der Waals surface area contributed by atoms with Crippen LogP contribution < -0.4 is 0 Å². The van der Waals surface area contributed by atoms with Crippen LogP contribution >= 0.6 is 11.6 Å². The second-order valence-corrected chi connectivity index (χ2v) is 5.10. The average molecular weight is 300 g/mol. The zero-order chi connectivity index (χ0) is 15.0. The maximum absolute atomic E-state index is 12.5. The summed E-state index contributed by atoms with van der Waals surface area (Å²) in [6, 6.07) is 13.6. The van der Waals surface area contributed by atoms with Crippen molar-refractivity contribution in [3.63, 3.8) is 0 Å². The van der Waals surface area contributed by atoms with Crippen molar-refractivity contribution in [1.29, 1.82) is 0 Å². The number of rotatable bonds is 2. The van der Waals surface area contributed by atoms with Crippen LogP contribution in [0.15, 0.2) is 53.5 Å². The predicted octanol–water partition coefficient (Wildman–Crippen LogP) is 3.36. The molecule has 2 aromatic carbocycles. The van der Waals surface area contributed by atoms with Crippen LogP contribution in [-0.4, -0.2) is 22.6 Å². The van der Waals surface area contributed by atoms with Gasteiger partial charge in [0.15, 0.2) is 11.7 Å². The van der Waals surface area contributed by atoms with Gasteiger partial charge in [0.1, 0.15) is 0 Å². The summed E-state index contributed by atoms with van der Waals surface area (Å²) in [7, 11) is 0. The minimum absolute atomic E-state index is 0.245. The number of aliphatic carboxylic acids is 1. The lowest BCUT2D eigenvalue weighted by atomic mass is 9.86. The molecule has 0 saturated carbocycles. The SMILES string of the molecule is O=C(O)C1C(=O)c2cc(Cl)ccc2N=C1c1ccccc1. The summed E-state index contributed by atoms with van der Waals surface area (Å²) in [4.78, 5) is 28.3. The molecule has 5 heteroatoms. The van der Waals surface area contributed by atoms with Gasteiger partial charge in [-0.2, -0.15) is 0 Å². The monoisotopic (exact) mass is 299 g/mol. The number of fused-ring (bicyclic) bond motifs is 1. The van der Waals surface area contributed by atoms with E-state index >= 15 is 0 Å². The number of hydrogen-bond acceptors (Lipinski definition) is 3. The van der Waals surface area contributed by atoms with Crippen molar-refractivity contribution in [3.05, 3.63) is 64.7 Å². The van der Waals surface area contributed by atoms with Crippen LogP contribution in [0.25, 0.3) is 0 Å². The Hall–Kier alpha value is -2.46. The molecule has 3 rings (SSSR count). The first kappa shape index (κ1) is 13.5. The number of halogens is 1. The van der Waals surface area contributed by atoms with E-state index in [1.807, 2.05) is 6.07 Å². The fourth-order valence-corrected chi connectivity index (χ4v) is 2.52. The Morgan fingerprint density at radius 1 is 1.14 bits per heavy atom. The average Bonchev–Trinajstić information content (AvgIpc) is 2.48. The smallest absolute Gasteiger partial charge is 0.320 e.